The van der Waals surface area contributed by atoms with Gasteiger partial charge in [-0.15, -0.1) is 0 Å². The fraction of sp³-hybridized carbons (Fsp3) is 0.500. The predicted molar refractivity (Wildman–Crippen MR) is 83.0 cm³/mol. The molecule has 1 aliphatic rings. The Kier molecular flexibility index (Phi) is 5.31. The Balaban J connectivity index is 2.10. The Morgan fingerprint density at radius 1 is 1.39 bits per heavy atom. The molecule has 1 aromatic rings. The Hall–Kier alpha value is -2.44. The van der Waals surface area contributed by atoms with Crippen molar-refractivity contribution in [3.05, 3.63) is 29.6 Å². The van der Waals surface area contributed by atoms with Gasteiger partial charge < -0.3 is 15.3 Å². The molecular formula is C16H21N3O4. The molecule has 1 unspecified atom stereocenters. The van der Waals surface area contributed by atoms with Crippen LogP contribution in [0, 0.1) is 0 Å². The molecule has 1 atom stereocenters. The minimum atomic E-state index is -1.10. The number of carboxylic acid groups (broad SMARTS) is 1. The zero-order chi connectivity index (χ0) is 17.0. The molecule has 1 saturated carbocycles. The minimum Gasteiger partial charge on any atom is -0.480 e. The van der Waals surface area contributed by atoms with Crippen molar-refractivity contribution >= 4 is 17.8 Å². The van der Waals surface area contributed by atoms with Crippen LogP contribution in [-0.2, 0) is 9.59 Å². The number of hydrogen-bond donors (Lipinski definition) is 2. The number of nitrogens with one attached hydrogen (secondary N) is 1. The fourth-order valence-electron chi connectivity index (χ4n) is 2.29. The summed E-state index contributed by atoms with van der Waals surface area (Å²) in [6.45, 7) is 3.11. The fourth-order valence-corrected chi connectivity index (χ4v) is 2.29. The van der Waals surface area contributed by atoms with Crippen molar-refractivity contribution in [2.24, 2.45) is 0 Å². The first-order chi connectivity index (χ1) is 10.9. The summed E-state index contributed by atoms with van der Waals surface area (Å²) in [6.07, 6.45) is 3.98. The van der Waals surface area contributed by atoms with Crippen molar-refractivity contribution < 1.29 is 19.5 Å². The van der Waals surface area contributed by atoms with Gasteiger partial charge in [-0.25, -0.2) is 4.79 Å². The molecule has 124 valence electrons. The molecule has 2 amide bonds. The second-order valence-corrected chi connectivity index (χ2v) is 5.75. The molecule has 0 radical (unpaired) electrons. The van der Waals surface area contributed by atoms with Crippen molar-refractivity contribution in [1.82, 2.24) is 15.2 Å². The van der Waals surface area contributed by atoms with Gasteiger partial charge in [-0.2, -0.15) is 0 Å². The highest BCUT2D eigenvalue weighted by atomic mass is 16.4. The highest BCUT2D eigenvalue weighted by Crippen LogP contribution is 2.39. The number of aromatic nitrogens is 1. The van der Waals surface area contributed by atoms with Crippen LogP contribution in [0.5, 0.6) is 0 Å². The van der Waals surface area contributed by atoms with Gasteiger partial charge in [0.05, 0.1) is 0 Å². The van der Waals surface area contributed by atoms with Gasteiger partial charge >= 0.3 is 5.97 Å². The number of hydrogen-bond acceptors (Lipinski definition) is 4. The van der Waals surface area contributed by atoms with Gasteiger partial charge in [0.1, 0.15) is 11.7 Å². The van der Waals surface area contributed by atoms with E-state index in [2.05, 4.69) is 10.3 Å². The first-order valence-electron chi connectivity index (χ1n) is 7.64. The zero-order valence-electron chi connectivity index (χ0n) is 13.3. The maximum Gasteiger partial charge on any atom is 0.326 e. The second kappa shape index (κ2) is 7.21. The summed E-state index contributed by atoms with van der Waals surface area (Å²) in [6, 6.07) is 2.51. The molecule has 23 heavy (non-hydrogen) atoms. The summed E-state index contributed by atoms with van der Waals surface area (Å²) in [5.41, 5.74) is 1.32. The molecular weight excluding hydrogens is 298 g/mol. The molecule has 1 aromatic heterocycles. The second-order valence-electron chi connectivity index (χ2n) is 5.75. The lowest BCUT2D eigenvalue weighted by atomic mass is 10.1. The van der Waals surface area contributed by atoms with Crippen LogP contribution in [-0.4, -0.2) is 51.9 Å². The standard InChI is InChI=1S/C16H21N3O4/c1-10(16(22)23)19(8-7-17-11(2)20)15(21)14-6-5-13(9-18-14)12-3-4-12/h5-6,9-10,12H,3-4,7-8H2,1-2H3,(H,17,20)(H,22,23). The first kappa shape index (κ1) is 16.9. The van der Waals surface area contributed by atoms with Crippen LogP contribution in [0.25, 0.3) is 0 Å². The van der Waals surface area contributed by atoms with Gasteiger partial charge in [-0.05, 0) is 37.3 Å². The number of pyridine rings is 1. The van der Waals surface area contributed by atoms with E-state index >= 15 is 0 Å². The first-order valence-corrected chi connectivity index (χ1v) is 7.64. The quantitative estimate of drug-likeness (QED) is 0.781. The monoisotopic (exact) mass is 319 g/mol. The van der Waals surface area contributed by atoms with E-state index in [1.807, 2.05) is 6.07 Å². The van der Waals surface area contributed by atoms with Crippen LogP contribution < -0.4 is 5.32 Å². The minimum absolute atomic E-state index is 0.109. The number of amides is 2. The summed E-state index contributed by atoms with van der Waals surface area (Å²) in [5, 5.41) is 11.7. The number of nitrogens with zero attached hydrogens (tertiary/aromatic N) is 2. The van der Waals surface area contributed by atoms with Crippen LogP contribution in [0.15, 0.2) is 18.3 Å². The average molecular weight is 319 g/mol. The third kappa shape index (κ3) is 4.51. The molecule has 7 heteroatoms. The number of carbonyl (C=O) groups excluding carboxylic acids is 2. The van der Waals surface area contributed by atoms with E-state index in [-0.39, 0.29) is 24.7 Å². The summed E-state index contributed by atoms with van der Waals surface area (Å²) in [7, 11) is 0. The van der Waals surface area contributed by atoms with Crippen LogP contribution in [0.2, 0.25) is 0 Å². The third-order valence-corrected chi connectivity index (χ3v) is 3.87. The molecule has 2 rings (SSSR count). The normalized spacial score (nSPS) is 14.9. The SMILES string of the molecule is CC(=O)NCCN(C(=O)c1ccc(C2CC2)cn1)C(C)C(=O)O. The lowest BCUT2D eigenvalue weighted by molar-refractivity contribution is -0.141. The van der Waals surface area contributed by atoms with Gasteiger partial charge in [0, 0.05) is 26.2 Å². The predicted octanol–water partition coefficient (Wildman–Crippen LogP) is 1.01. The summed E-state index contributed by atoms with van der Waals surface area (Å²) >= 11 is 0. The Morgan fingerprint density at radius 2 is 2.09 bits per heavy atom. The molecule has 2 N–H and O–H groups in total. The van der Waals surface area contributed by atoms with E-state index in [0.717, 1.165) is 18.4 Å². The summed E-state index contributed by atoms with van der Waals surface area (Å²) < 4.78 is 0. The van der Waals surface area contributed by atoms with E-state index in [4.69, 9.17) is 0 Å². The van der Waals surface area contributed by atoms with Gasteiger partial charge in [0.15, 0.2) is 0 Å². The lowest BCUT2D eigenvalue weighted by Gasteiger charge is -2.26. The number of aliphatic carboxylic acids is 1. The molecule has 7 nitrogen and oxygen atoms in total. The Bertz CT molecular complexity index is 596. The largest absolute Gasteiger partial charge is 0.480 e. The molecule has 0 aliphatic heterocycles. The number of carbonyl (C=O) groups is 3. The van der Waals surface area contributed by atoms with E-state index in [1.165, 1.54) is 18.7 Å². The van der Waals surface area contributed by atoms with Crippen LogP contribution in [0.4, 0.5) is 0 Å². The number of carboxylic acids is 1. The highest BCUT2D eigenvalue weighted by molar-refractivity contribution is 5.95. The van der Waals surface area contributed by atoms with Crippen molar-refractivity contribution in [2.75, 3.05) is 13.1 Å². The molecule has 0 aromatic carbocycles. The Morgan fingerprint density at radius 3 is 2.57 bits per heavy atom. The van der Waals surface area contributed by atoms with Crippen molar-refractivity contribution in [3.8, 4) is 0 Å². The highest BCUT2D eigenvalue weighted by Gasteiger charge is 2.28. The van der Waals surface area contributed by atoms with Crippen molar-refractivity contribution in [2.45, 2.75) is 38.6 Å². The smallest absolute Gasteiger partial charge is 0.326 e. The van der Waals surface area contributed by atoms with Crippen LogP contribution in [0.1, 0.15) is 48.7 Å². The molecule has 0 saturated heterocycles. The number of rotatable bonds is 7. The van der Waals surface area contributed by atoms with Gasteiger partial charge in [-0.3, -0.25) is 14.6 Å². The molecule has 0 spiro atoms. The third-order valence-electron chi connectivity index (χ3n) is 3.87. The maximum atomic E-state index is 12.6. The van der Waals surface area contributed by atoms with Crippen LogP contribution in [0.3, 0.4) is 0 Å². The van der Waals surface area contributed by atoms with E-state index in [0.29, 0.717) is 5.92 Å². The van der Waals surface area contributed by atoms with Gasteiger partial charge in [0.2, 0.25) is 5.91 Å². The lowest BCUT2D eigenvalue weighted by Crippen LogP contribution is -2.47. The molecule has 0 bridgehead atoms. The molecule has 1 heterocycles. The van der Waals surface area contributed by atoms with E-state index < -0.39 is 17.9 Å². The van der Waals surface area contributed by atoms with Gasteiger partial charge in [0.25, 0.3) is 5.91 Å². The molecule has 1 fully saturated rings. The van der Waals surface area contributed by atoms with Gasteiger partial charge in [-0.1, -0.05) is 6.07 Å². The van der Waals surface area contributed by atoms with Crippen molar-refractivity contribution in [1.29, 1.82) is 0 Å². The average Bonchev–Trinajstić information content (AvgIpc) is 3.35. The van der Waals surface area contributed by atoms with E-state index in [9.17, 15) is 19.5 Å². The van der Waals surface area contributed by atoms with Crippen LogP contribution >= 0.6 is 0 Å². The Labute approximate surface area is 134 Å². The maximum absolute atomic E-state index is 12.6. The topological polar surface area (TPSA) is 99.6 Å². The van der Waals surface area contributed by atoms with Crippen molar-refractivity contribution in [3.63, 3.8) is 0 Å². The van der Waals surface area contributed by atoms with E-state index in [1.54, 1.807) is 12.3 Å². The summed E-state index contributed by atoms with van der Waals surface area (Å²) in [5.74, 6) is -1.24. The zero-order valence-corrected chi connectivity index (χ0v) is 13.3. The summed E-state index contributed by atoms with van der Waals surface area (Å²) in [4.78, 5) is 40.1. The molecule has 1 aliphatic carbocycles.